The molecule has 0 aliphatic carbocycles. The number of nitrogens with zero attached hydrogens (tertiary/aromatic N) is 2. The summed E-state index contributed by atoms with van der Waals surface area (Å²) < 4.78 is 0. The van der Waals surface area contributed by atoms with Gasteiger partial charge in [-0.05, 0) is 56.1 Å². The molecule has 1 N–H and O–H groups in total. The van der Waals surface area contributed by atoms with E-state index in [-0.39, 0.29) is 5.56 Å². The second-order valence-electron chi connectivity index (χ2n) is 6.06. The van der Waals surface area contributed by atoms with Crippen molar-refractivity contribution < 1.29 is 9.90 Å². The first-order valence-corrected chi connectivity index (χ1v) is 7.59. The molecule has 0 spiro atoms. The normalized spacial score (nSPS) is 18.5. The Bertz CT molecular complexity index is 667. The lowest BCUT2D eigenvalue weighted by Gasteiger charge is -2.10. The molecule has 1 aromatic carbocycles. The number of aromatic nitrogens is 1. The third-order valence-corrected chi connectivity index (χ3v) is 4.24. The highest BCUT2D eigenvalue weighted by Crippen LogP contribution is 2.22. The zero-order valence-electron chi connectivity index (χ0n) is 12.7. The maximum atomic E-state index is 11.0. The molecule has 0 radical (unpaired) electrons. The Morgan fingerprint density at radius 3 is 2.86 bits per heavy atom. The zero-order chi connectivity index (χ0) is 15.5. The Morgan fingerprint density at radius 2 is 2.23 bits per heavy atom. The number of rotatable bonds is 4. The van der Waals surface area contributed by atoms with E-state index in [9.17, 15) is 4.79 Å². The lowest BCUT2D eigenvalue weighted by atomic mass is 9.99. The van der Waals surface area contributed by atoms with Gasteiger partial charge in [-0.3, -0.25) is 4.98 Å². The van der Waals surface area contributed by atoms with Gasteiger partial charge in [-0.25, -0.2) is 4.79 Å². The molecule has 0 saturated carbocycles. The highest BCUT2D eigenvalue weighted by Gasteiger charge is 2.19. The quantitative estimate of drug-likeness (QED) is 0.942. The number of carboxylic acid groups (broad SMARTS) is 1. The predicted octanol–water partition coefficient (Wildman–Crippen LogP) is 2.94. The fraction of sp³-hybridized carbons (Fsp3) is 0.333. The molecule has 2 heterocycles. The number of hydrogen-bond donors (Lipinski definition) is 1. The second-order valence-corrected chi connectivity index (χ2v) is 6.06. The standard InChI is InChI=1S/C18H20N2O2/c1-20-8-7-14(12-20)9-13-5-6-17(19-11-13)15-3-2-4-16(10-15)18(21)22/h2-6,10-11,14H,7-9,12H2,1H3,(H,21,22)/t14-/m1/s1. The number of pyridine rings is 1. The maximum absolute atomic E-state index is 11.0. The van der Waals surface area contributed by atoms with E-state index < -0.39 is 5.97 Å². The Hall–Kier alpha value is -2.20. The SMILES string of the molecule is CN1CC[C@H](Cc2ccc(-c3cccc(C(=O)O)c3)nc2)C1. The largest absolute Gasteiger partial charge is 0.478 e. The summed E-state index contributed by atoms with van der Waals surface area (Å²) in [5.41, 5.74) is 3.19. The van der Waals surface area contributed by atoms with Crippen LogP contribution in [0.2, 0.25) is 0 Å². The summed E-state index contributed by atoms with van der Waals surface area (Å²) in [5, 5.41) is 9.06. The van der Waals surface area contributed by atoms with Crippen molar-refractivity contribution in [1.82, 2.24) is 9.88 Å². The third-order valence-electron chi connectivity index (χ3n) is 4.24. The van der Waals surface area contributed by atoms with Crippen molar-refractivity contribution in [2.75, 3.05) is 20.1 Å². The number of carbonyl (C=O) groups is 1. The van der Waals surface area contributed by atoms with Crippen molar-refractivity contribution in [3.8, 4) is 11.3 Å². The first kappa shape index (κ1) is 14.7. The molecular formula is C18H20N2O2. The van der Waals surface area contributed by atoms with Crippen LogP contribution in [-0.2, 0) is 6.42 Å². The van der Waals surface area contributed by atoms with Crippen LogP contribution in [0.5, 0.6) is 0 Å². The highest BCUT2D eigenvalue weighted by atomic mass is 16.4. The minimum Gasteiger partial charge on any atom is -0.478 e. The zero-order valence-corrected chi connectivity index (χ0v) is 12.7. The molecular weight excluding hydrogens is 276 g/mol. The first-order valence-electron chi connectivity index (χ1n) is 7.59. The number of carboxylic acids is 1. The molecule has 4 nitrogen and oxygen atoms in total. The van der Waals surface area contributed by atoms with E-state index in [0.717, 1.165) is 24.2 Å². The monoisotopic (exact) mass is 296 g/mol. The topological polar surface area (TPSA) is 53.4 Å². The maximum Gasteiger partial charge on any atom is 0.335 e. The number of aromatic carboxylic acids is 1. The van der Waals surface area contributed by atoms with Crippen LogP contribution in [0.1, 0.15) is 22.3 Å². The fourth-order valence-electron chi connectivity index (χ4n) is 3.05. The molecule has 1 aliphatic rings. The molecule has 0 amide bonds. The van der Waals surface area contributed by atoms with Gasteiger partial charge in [-0.1, -0.05) is 18.2 Å². The van der Waals surface area contributed by atoms with Crippen LogP contribution in [0.4, 0.5) is 0 Å². The minimum atomic E-state index is -0.913. The molecule has 1 fully saturated rings. The summed E-state index contributed by atoms with van der Waals surface area (Å²) in [7, 11) is 2.16. The first-order chi connectivity index (χ1) is 10.6. The van der Waals surface area contributed by atoms with Gasteiger partial charge in [0.2, 0.25) is 0 Å². The van der Waals surface area contributed by atoms with Crippen molar-refractivity contribution in [3.63, 3.8) is 0 Å². The van der Waals surface area contributed by atoms with Gasteiger partial charge >= 0.3 is 5.97 Å². The van der Waals surface area contributed by atoms with E-state index in [1.165, 1.54) is 18.5 Å². The van der Waals surface area contributed by atoms with Gasteiger partial charge in [0.15, 0.2) is 0 Å². The summed E-state index contributed by atoms with van der Waals surface area (Å²) in [4.78, 5) is 17.9. The smallest absolute Gasteiger partial charge is 0.335 e. The number of benzene rings is 1. The average molecular weight is 296 g/mol. The summed E-state index contributed by atoms with van der Waals surface area (Å²) in [5.74, 6) is -0.197. The molecule has 0 unspecified atom stereocenters. The van der Waals surface area contributed by atoms with E-state index in [4.69, 9.17) is 5.11 Å². The van der Waals surface area contributed by atoms with E-state index in [0.29, 0.717) is 5.92 Å². The van der Waals surface area contributed by atoms with Gasteiger partial charge in [-0.15, -0.1) is 0 Å². The van der Waals surface area contributed by atoms with Crippen LogP contribution in [0.3, 0.4) is 0 Å². The Labute approximate surface area is 130 Å². The predicted molar refractivity (Wildman–Crippen MR) is 85.9 cm³/mol. The second kappa shape index (κ2) is 6.28. The fourth-order valence-corrected chi connectivity index (χ4v) is 3.05. The molecule has 4 heteroatoms. The van der Waals surface area contributed by atoms with Crippen molar-refractivity contribution in [1.29, 1.82) is 0 Å². The molecule has 2 aromatic rings. The molecule has 1 saturated heterocycles. The Balaban J connectivity index is 1.73. The number of hydrogen-bond acceptors (Lipinski definition) is 3. The van der Waals surface area contributed by atoms with Gasteiger partial charge in [0.1, 0.15) is 0 Å². The van der Waals surface area contributed by atoms with Gasteiger partial charge in [0, 0.05) is 18.3 Å². The van der Waals surface area contributed by atoms with Crippen LogP contribution >= 0.6 is 0 Å². The molecule has 114 valence electrons. The van der Waals surface area contributed by atoms with Crippen LogP contribution in [0.15, 0.2) is 42.6 Å². The molecule has 1 aromatic heterocycles. The molecule has 22 heavy (non-hydrogen) atoms. The Kier molecular flexibility index (Phi) is 4.20. The highest BCUT2D eigenvalue weighted by molar-refractivity contribution is 5.89. The average Bonchev–Trinajstić information content (AvgIpc) is 2.93. The summed E-state index contributed by atoms with van der Waals surface area (Å²) in [6.45, 7) is 2.33. The van der Waals surface area contributed by atoms with E-state index >= 15 is 0 Å². The van der Waals surface area contributed by atoms with Crippen molar-refractivity contribution in [2.45, 2.75) is 12.8 Å². The number of likely N-dealkylation sites (tertiary alicyclic amines) is 1. The van der Waals surface area contributed by atoms with Crippen molar-refractivity contribution in [3.05, 3.63) is 53.7 Å². The third kappa shape index (κ3) is 3.34. The molecule has 3 rings (SSSR count). The van der Waals surface area contributed by atoms with Crippen molar-refractivity contribution >= 4 is 5.97 Å². The molecule has 1 atom stereocenters. The lowest BCUT2D eigenvalue weighted by molar-refractivity contribution is 0.0697. The van der Waals surface area contributed by atoms with Gasteiger partial charge in [0.25, 0.3) is 0 Å². The van der Waals surface area contributed by atoms with Crippen LogP contribution < -0.4 is 0 Å². The van der Waals surface area contributed by atoms with E-state index in [2.05, 4.69) is 23.0 Å². The van der Waals surface area contributed by atoms with Gasteiger partial charge in [0.05, 0.1) is 11.3 Å². The minimum absolute atomic E-state index is 0.289. The van der Waals surface area contributed by atoms with Crippen LogP contribution in [-0.4, -0.2) is 41.1 Å². The summed E-state index contributed by atoms with van der Waals surface area (Å²) in [6, 6.07) is 11.0. The lowest BCUT2D eigenvalue weighted by Crippen LogP contribution is -2.15. The van der Waals surface area contributed by atoms with Gasteiger partial charge in [-0.2, -0.15) is 0 Å². The van der Waals surface area contributed by atoms with Crippen LogP contribution in [0, 0.1) is 5.92 Å². The van der Waals surface area contributed by atoms with Gasteiger partial charge < -0.3 is 10.0 Å². The summed E-state index contributed by atoms with van der Waals surface area (Å²) >= 11 is 0. The van der Waals surface area contributed by atoms with E-state index in [1.807, 2.05) is 18.3 Å². The summed E-state index contributed by atoms with van der Waals surface area (Å²) in [6.07, 6.45) is 4.23. The van der Waals surface area contributed by atoms with E-state index in [1.54, 1.807) is 18.2 Å². The Morgan fingerprint density at radius 1 is 1.36 bits per heavy atom. The van der Waals surface area contributed by atoms with Crippen LogP contribution in [0.25, 0.3) is 11.3 Å². The molecule has 0 bridgehead atoms. The molecule has 1 aliphatic heterocycles. The van der Waals surface area contributed by atoms with Crippen molar-refractivity contribution in [2.24, 2.45) is 5.92 Å².